The molecule has 0 aliphatic rings. The van der Waals surface area contributed by atoms with Crippen LogP contribution in [-0.2, 0) is 6.54 Å². The SMILES string of the molecule is Cc1noc(C)c1C(C)NCc1csc(C(=O)O)n1. The number of aryl methyl sites for hydroxylation is 2. The second-order valence-electron chi connectivity index (χ2n) is 4.29. The first-order valence-electron chi connectivity index (χ1n) is 5.83. The fraction of sp³-hybridized carbons (Fsp3) is 0.417. The fourth-order valence-electron chi connectivity index (χ4n) is 1.95. The molecule has 19 heavy (non-hydrogen) atoms. The number of hydrogen-bond acceptors (Lipinski definition) is 6. The van der Waals surface area contributed by atoms with Crippen molar-refractivity contribution in [3.63, 3.8) is 0 Å². The lowest BCUT2D eigenvalue weighted by Crippen LogP contribution is -2.19. The summed E-state index contributed by atoms with van der Waals surface area (Å²) in [4.78, 5) is 14.8. The van der Waals surface area contributed by atoms with Crippen molar-refractivity contribution in [1.29, 1.82) is 0 Å². The van der Waals surface area contributed by atoms with E-state index in [0.29, 0.717) is 6.54 Å². The third-order valence-corrected chi connectivity index (χ3v) is 3.72. The number of aromatic nitrogens is 2. The second-order valence-corrected chi connectivity index (χ2v) is 5.15. The van der Waals surface area contributed by atoms with E-state index in [4.69, 9.17) is 9.63 Å². The van der Waals surface area contributed by atoms with Crippen LogP contribution in [0, 0.1) is 13.8 Å². The molecule has 6 nitrogen and oxygen atoms in total. The summed E-state index contributed by atoms with van der Waals surface area (Å²) < 4.78 is 5.12. The van der Waals surface area contributed by atoms with Gasteiger partial charge in [0.15, 0.2) is 0 Å². The standard InChI is InChI=1S/C12H15N3O3S/c1-6(10-7(2)15-18-8(10)3)13-4-9-5-19-11(14-9)12(16)17/h5-6,13H,4H2,1-3H3,(H,16,17). The van der Waals surface area contributed by atoms with E-state index < -0.39 is 5.97 Å². The molecule has 0 aliphatic heterocycles. The van der Waals surface area contributed by atoms with E-state index in [0.717, 1.165) is 34.0 Å². The summed E-state index contributed by atoms with van der Waals surface area (Å²) in [5.41, 5.74) is 2.62. The van der Waals surface area contributed by atoms with Crippen LogP contribution < -0.4 is 5.32 Å². The first kappa shape index (κ1) is 13.7. The van der Waals surface area contributed by atoms with Gasteiger partial charge in [-0.3, -0.25) is 0 Å². The maximum absolute atomic E-state index is 10.7. The Labute approximate surface area is 114 Å². The van der Waals surface area contributed by atoms with Crippen molar-refractivity contribution in [2.75, 3.05) is 0 Å². The molecule has 0 saturated heterocycles. The van der Waals surface area contributed by atoms with Crippen LogP contribution in [0.25, 0.3) is 0 Å². The summed E-state index contributed by atoms with van der Waals surface area (Å²) in [5.74, 6) is -0.197. The van der Waals surface area contributed by atoms with Crippen molar-refractivity contribution in [1.82, 2.24) is 15.5 Å². The molecule has 2 rings (SSSR count). The van der Waals surface area contributed by atoms with Gasteiger partial charge in [0, 0.05) is 23.5 Å². The third kappa shape index (κ3) is 2.99. The monoisotopic (exact) mass is 281 g/mol. The zero-order chi connectivity index (χ0) is 14.0. The normalized spacial score (nSPS) is 12.6. The van der Waals surface area contributed by atoms with Crippen molar-refractivity contribution in [3.8, 4) is 0 Å². The molecule has 0 spiro atoms. The molecular formula is C12H15N3O3S. The van der Waals surface area contributed by atoms with Gasteiger partial charge in [-0.2, -0.15) is 0 Å². The van der Waals surface area contributed by atoms with Gasteiger partial charge < -0.3 is 14.9 Å². The lowest BCUT2D eigenvalue weighted by molar-refractivity contribution is 0.0696. The number of aromatic carboxylic acids is 1. The fourth-order valence-corrected chi connectivity index (χ4v) is 2.61. The molecule has 2 heterocycles. The van der Waals surface area contributed by atoms with E-state index in [-0.39, 0.29) is 11.0 Å². The smallest absolute Gasteiger partial charge is 0.365 e. The van der Waals surface area contributed by atoms with Crippen LogP contribution in [0.1, 0.15) is 45.5 Å². The largest absolute Gasteiger partial charge is 0.476 e. The summed E-state index contributed by atoms with van der Waals surface area (Å²) in [6.07, 6.45) is 0. The van der Waals surface area contributed by atoms with E-state index in [1.165, 1.54) is 0 Å². The quantitative estimate of drug-likeness (QED) is 0.874. The topological polar surface area (TPSA) is 88.2 Å². The molecule has 2 aromatic rings. The molecule has 1 unspecified atom stereocenters. The van der Waals surface area contributed by atoms with Gasteiger partial charge in [0.1, 0.15) is 5.76 Å². The van der Waals surface area contributed by atoms with Crippen LogP contribution in [-0.4, -0.2) is 21.2 Å². The molecule has 0 fully saturated rings. The zero-order valence-corrected chi connectivity index (χ0v) is 11.7. The highest BCUT2D eigenvalue weighted by Crippen LogP contribution is 2.21. The Bertz CT molecular complexity index is 571. The number of carboxylic acids is 1. The van der Waals surface area contributed by atoms with Crippen molar-refractivity contribution < 1.29 is 14.4 Å². The van der Waals surface area contributed by atoms with Crippen LogP contribution in [0.5, 0.6) is 0 Å². The zero-order valence-electron chi connectivity index (χ0n) is 10.9. The van der Waals surface area contributed by atoms with E-state index in [9.17, 15) is 4.79 Å². The van der Waals surface area contributed by atoms with Gasteiger partial charge in [-0.25, -0.2) is 9.78 Å². The Balaban J connectivity index is 2.00. The number of nitrogens with one attached hydrogen (secondary N) is 1. The maximum atomic E-state index is 10.7. The minimum atomic E-state index is -0.991. The van der Waals surface area contributed by atoms with Crippen molar-refractivity contribution in [2.45, 2.75) is 33.4 Å². The molecule has 0 bridgehead atoms. The molecule has 1 atom stereocenters. The first-order valence-corrected chi connectivity index (χ1v) is 6.71. The van der Waals surface area contributed by atoms with E-state index in [1.54, 1.807) is 5.38 Å². The Morgan fingerprint density at radius 1 is 1.58 bits per heavy atom. The molecular weight excluding hydrogens is 266 g/mol. The van der Waals surface area contributed by atoms with Crippen LogP contribution >= 0.6 is 11.3 Å². The van der Waals surface area contributed by atoms with Gasteiger partial charge in [-0.1, -0.05) is 5.16 Å². The Morgan fingerprint density at radius 3 is 2.84 bits per heavy atom. The summed E-state index contributed by atoms with van der Waals surface area (Å²) in [6.45, 7) is 6.29. The van der Waals surface area contributed by atoms with Crippen LogP contribution in [0.2, 0.25) is 0 Å². The molecule has 2 aromatic heterocycles. The van der Waals surface area contributed by atoms with Crippen LogP contribution in [0.3, 0.4) is 0 Å². The minimum absolute atomic E-state index is 0.0706. The predicted octanol–water partition coefficient (Wildman–Crippen LogP) is 2.30. The van der Waals surface area contributed by atoms with Gasteiger partial charge in [0.25, 0.3) is 0 Å². The maximum Gasteiger partial charge on any atom is 0.365 e. The number of hydrogen-bond donors (Lipinski definition) is 2. The number of carboxylic acid groups (broad SMARTS) is 1. The molecule has 0 aromatic carbocycles. The van der Waals surface area contributed by atoms with Gasteiger partial charge in [0.2, 0.25) is 5.01 Å². The van der Waals surface area contributed by atoms with Crippen LogP contribution in [0.15, 0.2) is 9.90 Å². The van der Waals surface area contributed by atoms with Crippen molar-refractivity contribution in [3.05, 3.63) is 33.1 Å². The molecule has 0 aliphatic carbocycles. The average molecular weight is 281 g/mol. The van der Waals surface area contributed by atoms with Crippen molar-refractivity contribution in [2.24, 2.45) is 0 Å². The number of carbonyl (C=O) groups is 1. The predicted molar refractivity (Wildman–Crippen MR) is 70.3 cm³/mol. The summed E-state index contributed by atoms with van der Waals surface area (Å²) in [6, 6.07) is 0.0706. The van der Waals surface area contributed by atoms with E-state index >= 15 is 0 Å². The highest BCUT2D eigenvalue weighted by molar-refractivity contribution is 7.11. The van der Waals surface area contributed by atoms with Gasteiger partial charge in [-0.15, -0.1) is 11.3 Å². The lowest BCUT2D eigenvalue weighted by atomic mass is 10.1. The van der Waals surface area contributed by atoms with E-state index in [2.05, 4.69) is 15.5 Å². The summed E-state index contributed by atoms with van der Waals surface area (Å²) in [5, 5.41) is 17.9. The average Bonchev–Trinajstić information content (AvgIpc) is 2.94. The molecule has 0 amide bonds. The van der Waals surface area contributed by atoms with Crippen LogP contribution in [0.4, 0.5) is 0 Å². The molecule has 2 N–H and O–H groups in total. The van der Waals surface area contributed by atoms with Gasteiger partial charge in [-0.05, 0) is 20.8 Å². The molecule has 7 heteroatoms. The second kappa shape index (κ2) is 5.50. The number of rotatable bonds is 5. The minimum Gasteiger partial charge on any atom is -0.476 e. The Hall–Kier alpha value is -1.73. The van der Waals surface area contributed by atoms with Crippen molar-refractivity contribution >= 4 is 17.3 Å². The summed E-state index contributed by atoms with van der Waals surface area (Å²) >= 11 is 1.13. The first-order chi connectivity index (χ1) is 8.99. The lowest BCUT2D eigenvalue weighted by Gasteiger charge is -2.12. The molecule has 102 valence electrons. The summed E-state index contributed by atoms with van der Waals surface area (Å²) in [7, 11) is 0. The van der Waals surface area contributed by atoms with Gasteiger partial charge in [0.05, 0.1) is 11.4 Å². The molecule has 0 saturated carbocycles. The van der Waals surface area contributed by atoms with Gasteiger partial charge >= 0.3 is 5.97 Å². The third-order valence-electron chi connectivity index (χ3n) is 2.85. The Kier molecular flexibility index (Phi) is 3.96. The highest BCUT2D eigenvalue weighted by Gasteiger charge is 2.16. The Morgan fingerprint density at radius 2 is 2.32 bits per heavy atom. The number of thiazole rings is 1. The highest BCUT2D eigenvalue weighted by atomic mass is 32.1. The number of nitrogens with zero attached hydrogens (tertiary/aromatic N) is 2. The van der Waals surface area contributed by atoms with E-state index in [1.807, 2.05) is 20.8 Å². The molecule has 0 radical (unpaired) electrons.